The van der Waals surface area contributed by atoms with Gasteiger partial charge in [0, 0.05) is 10.0 Å². The summed E-state index contributed by atoms with van der Waals surface area (Å²) in [6, 6.07) is 6.28. The van der Waals surface area contributed by atoms with Crippen molar-refractivity contribution in [2.75, 3.05) is 0 Å². The van der Waals surface area contributed by atoms with E-state index < -0.39 is 0 Å². The Bertz CT molecular complexity index is 457. The summed E-state index contributed by atoms with van der Waals surface area (Å²) < 4.78 is 1.07. The third-order valence-corrected chi connectivity index (χ3v) is 3.13. The lowest BCUT2D eigenvalue weighted by Gasteiger charge is -2.18. The third-order valence-electron chi connectivity index (χ3n) is 2.54. The van der Waals surface area contributed by atoms with Crippen LogP contribution >= 0.6 is 28.1 Å². The monoisotopic (exact) mass is 297 g/mol. The van der Waals surface area contributed by atoms with Gasteiger partial charge in [0.05, 0.1) is 5.71 Å². The van der Waals surface area contributed by atoms with Crippen molar-refractivity contribution in [3.05, 3.63) is 33.8 Å². The van der Waals surface area contributed by atoms with Gasteiger partial charge in [0.2, 0.25) is 0 Å². The number of hydrazone groups is 1. The molecule has 3 nitrogen and oxygen atoms in total. The number of halogens is 1. The highest BCUT2D eigenvalue weighted by atomic mass is 79.9. The molecule has 0 unspecified atom stereocenters. The number of nitrogens with two attached hydrogens (primary N) is 1. The normalized spacial score (nSPS) is 16.9. The molecule has 0 heterocycles. The van der Waals surface area contributed by atoms with Crippen molar-refractivity contribution in [2.24, 2.45) is 10.8 Å². The van der Waals surface area contributed by atoms with E-state index in [9.17, 15) is 0 Å². The zero-order valence-electron chi connectivity index (χ0n) is 8.66. The second-order valence-corrected chi connectivity index (χ2v) is 5.05. The Morgan fingerprint density at radius 2 is 2.25 bits per heavy atom. The van der Waals surface area contributed by atoms with Gasteiger partial charge in [-0.1, -0.05) is 22.0 Å². The summed E-state index contributed by atoms with van der Waals surface area (Å²) in [5, 5.41) is 4.45. The maximum Gasteiger partial charge on any atom is 0.184 e. The molecular weight excluding hydrogens is 286 g/mol. The summed E-state index contributed by atoms with van der Waals surface area (Å²) in [5.74, 6) is 0. The molecule has 0 aromatic heterocycles. The molecule has 0 amide bonds. The number of aryl methyl sites for hydroxylation is 1. The maximum atomic E-state index is 5.36. The Morgan fingerprint density at radius 3 is 3.00 bits per heavy atom. The molecule has 0 aliphatic heterocycles. The van der Waals surface area contributed by atoms with E-state index in [1.54, 1.807) is 0 Å². The summed E-state index contributed by atoms with van der Waals surface area (Å²) in [5.41, 5.74) is 11.6. The molecule has 3 N–H and O–H groups in total. The number of nitrogens with zero attached hydrogens (tertiary/aromatic N) is 1. The molecule has 0 spiro atoms. The van der Waals surface area contributed by atoms with Gasteiger partial charge in [-0.05, 0) is 49.2 Å². The van der Waals surface area contributed by atoms with Gasteiger partial charge in [-0.25, -0.2) is 0 Å². The van der Waals surface area contributed by atoms with Crippen LogP contribution in [0.4, 0.5) is 0 Å². The van der Waals surface area contributed by atoms with Crippen molar-refractivity contribution in [2.45, 2.75) is 19.3 Å². The highest BCUT2D eigenvalue weighted by molar-refractivity contribution is 9.10. The van der Waals surface area contributed by atoms with Gasteiger partial charge in [0.25, 0.3) is 0 Å². The Labute approximate surface area is 108 Å². The van der Waals surface area contributed by atoms with Crippen molar-refractivity contribution in [1.29, 1.82) is 0 Å². The first kappa shape index (κ1) is 11.5. The predicted molar refractivity (Wildman–Crippen MR) is 73.5 cm³/mol. The molecular formula is C11H12BrN3S. The zero-order valence-corrected chi connectivity index (χ0v) is 11.1. The number of nitrogens with one attached hydrogen (secondary N) is 1. The minimum atomic E-state index is 0.203. The van der Waals surface area contributed by atoms with Crippen LogP contribution in [-0.4, -0.2) is 10.8 Å². The van der Waals surface area contributed by atoms with Gasteiger partial charge in [-0.3, -0.25) is 5.43 Å². The van der Waals surface area contributed by atoms with Crippen molar-refractivity contribution < 1.29 is 0 Å². The lowest BCUT2D eigenvalue weighted by atomic mass is 9.90. The topological polar surface area (TPSA) is 50.4 Å². The number of benzene rings is 1. The summed E-state index contributed by atoms with van der Waals surface area (Å²) in [4.78, 5) is 0. The number of thiocarbonyl (C=S) groups is 1. The Kier molecular flexibility index (Phi) is 3.56. The summed E-state index contributed by atoms with van der Waals surface area (Å²) in [6.07, 6.45) is 3.18. The molecule has 1 aromatic rings. The summed E-state index contributed by atoms with van der Waals surface area (Å²) in [7, 11) is 0. The average Bonchev–Trinajstić information content (AvgIpc) is 2.26. The van der Waals surface area contributed by atoms with Crippen LogP contribution in [0.3, 0.4) is 0 Å². The fourth-order valence-electron chi connectivity index (χ4n) is 1.85. The Hall–Kier alpha value is -0.940. The van der Waals surface area contributed by atoms with Gasteiger partial charge in [-0.2, -0.15) is 5.10 Å². The van der Waals surface area contributed by atoms with Gasteiger partial charge < -0.3 is 5.73 Å². The molecule has 0 bridgehead atoms. The van der Waals surface area contributed by atoms with Crippen LogP contribution in [-0.2, 0) is 6.42 Å². The van der Waals surface area contributed by atoms with E-state index in [0.29, 0.717) is 0 Å². The van der Waals surface area contributed by atoms with Gasteiger partial charge in [0.15, 0.2) is 5.11 Å². The highest BCUT2D eigenvalue weighted by Gasteiger charge is 2.15. The van der Waals surface area contributed by atoms with E-state index in [4.69, 9.17) is 18.0 Å². The molecule has 1 aliphatic carbocycles. The van der Waals surface area contributed by atoms with E-state index in [2.05, 4.69) is 44.7 Å². The molecule has 5 heteroatoms. The standard InChI is InChI=1S/C11H12BrN3S/c12-8-5-4-7-2-1-3-10(9(7)6-8)14-15-11(13)16/h4-6H,1-3H2,(H3,13,15,16). The van der Waals surface area contributed by atoms with Crippen molar-refractivity contribution >= 4 is 39.0 Å². The number of hydrogen-bond donors (Lipinski definition) is 2. The minimum Gasteiger partial charge on any atom is -0.375 e. The van der Waals surface area contributed by atoms with Crippen molar-refractivity contribution in [1.82, 2.24) is 5.43 Å². The van der Waals surface area contributed by atoms with E-state index in [1.807, 2.05) is 0 Å². The molecule has 0 saturated carbocycles. The lowest BCUT2D eigenvalue weighted by molar-refractivity contribution is 0.827. The first-order valence-electron chi connectivity index (χ1n) is 5.07. The van der Waals surface area contributed by atoms with Gasteiger partial charge in [-0.15, -0.1) is 0 Å². The predicted octanol–water partition coefficient (Wildman–Crippen LogP) is 2.32. The first-order chi connectivity index (χ1) is 7.66. The fourth-order valence-corrected chi connectivity index (χ4v) is 2.26. The van der Waals surface area contributed by atoms with E-state index >= 15 is 0 Å². The molecule has 0 saturated heterocycles. The SMILES string of the molecule is NC(=S)NN=C1CCCc2ccc(Br)cc21. The number of hydrogen-bond acceptors (Lipinski definition) is 2. The fraction of sp³-hybridized carbons (Fsp3) is 0.273. The van der Waals surface area contributed by atoms with E-state index in [1.165, 1.54) is 11.1 Å². The Morgan fingerprint density at radius 1 is 1.44 bits per heavy atom. The van der Waals surface area contributed by atoms with Gasteiger partial charge in [0.1, 0.15) is 0 Å². The second-order valence-electron chi connectivity index (χ2n) is 3.69. The third kappa shape index (κ3) is 2.59. The molecule has 16 heavy (non-hydrogen) atoms. The number of rotatable bonds is 1. The van der Waals surface area contributed by atoms with Crippen LogP contribution in [0.1, 0.15) is 24.0 Å². The molecule has 1 aliphatic rings. The molecule has 0 fully saturated rings. The van der Waals surface area contributed by atoms with Gasteiger partial charge >= 0.3 is 0 Å². The van der Waals surface area contributed by atoms with Crippen molar-refractivity contribution in [3.63, 3.8) is 0 Å². The average molecular weight is 298 g/mol. The van der Waals surface area contributed by atoms with Crippen LogP contribution in [0.15, 0.2) is 27.8 Å². The number of fused-ring (bicyclic) bond motifs is 1. The minimum absolute atomic E-state index is 0.203. The maximum absolute atomic E-state index is 5.36. The first-order valence-corrected chi connectivity index (χ1v) is 6.28. The van der Waals surface area contributed by atoms with E-state index in [0.717, 1.165) is 29.4 Å². The quantitative estimate of drug-likeness (QED) is 0.618. The molecule has 1 aromatic carbocycles. The lowest BCUT2D eigenvalue weighted by Crippen LogP contribution is -2.26. The second kappa shape index (κ2) is 4.93. The largest absolute Gasteiger partial charge is 0.375 e. The van der Waals surface area contributed by atoms with Crippen LogP contribution in [0.2, 0.25) is 0 Å². The van der Waals surface area contributed by atoms with Crippen LogP contribution in [0.25, 0.3) is 0 Å². The summed E-state index contributed by atoms with van der Waals surface area (Å²) >= 11 is 8.21. The molecule has 0 radical (unpaired) electrons. The van der Waals surface area contributed by atoms with Crippen LogP contribution < -0.4 is 11.2 Å². The highest BCUT2D eigenvalue weighted by Crippen LogP contribution is 2.24. The van der Waals surface area contributed by atoms with E-state index in [-0.39, 0.29) is 5.11 Å². The van der Waals surface area contributed by atoms with Crippen molar-refractivity contribution in [3.8, 4) is 0 Å². The van der Waals surface area contributed by atoms with Crippen LogP contribution in [0, 0.1) is 0 Å². The Balaban J connectivity index is 2.35. The molecule has 2 rings (SSSR count). The van der Waals surface area contributed by atoms with Crippen LogP contribution in [0.5, 0.6) is 0 Å². The smallest absolute Gasteiger partial charge is 0.184 e. The summed E-state index contributed by atoms with van der Waals surface area (Å²) in [6.45, 7) is 0. The molecule has 0 atom stereocenters. The zero-order chi connectivity index (χ0) is 11.5. The molecule has 84 valence electrons.